The van der Waals surface area contributed by atoms with E-state index in [1.54, 1.807) is 0 Å². The Morgan fingerprint density at radius 2 is 1.70 bits per heavy atom. The number of carbonyl (C=O) groups is 1. The van der Waals surface area contributed by atoms with Gasteiger partial charge in [0.05, 0.1) is 15.7 Å². The lowest BCUT2D eigenvalue weighted by Crippen LogP contribution is -2.47. The lowest BCUT2D eigenvalue weighted by molar-refractivity contribution is 0.0739. The molecule has 0 unspecified atom stereocenters. The third-order valence-electron chi connectivity index (χ3n) is 6.03. The molecule has 0 spiro atoms. The molecule has 160 valence electrons. The summed E-state index contributed by atoms with van der Waals surface area (Å²) in [4.78, 5) is 19.8. The third kappa shape index (κ3) is 5.48. The largest absolute Gasteiger partial charge is 0.368 e. The standard InChI is InChI=1S/C24H29Cl2N3O/c25-21-8-4-9-22(23(21)26)28-16-14-27(15-17-28)12-5-13-29(18-19-10-11-19)24(30)20-6-2-1-3-7-20/h1-4,6-9,19H,5,10-18H2. The maximum Gasteiger partial charge on any atom is 0.253 e. The van der Waals surface area contributed by atoms with Gasteiger partial charge < -0.3 is 9.80 Å². The second-order valence-corrected chi connectivity index (χ2v) is 9.10. The van der Waals surface area contributed by atoms with Gasteiger partial charge in [0.15, 0.2) is 0 Å². The first kappa shape index (κ1) is 21.5. The van der Waals surface area contributed by atoms with E-state index in [0.29, 0.717) is 16.0 Å². The molecule has 0 radical (unpaired) electrons. The molecule has 4 nitrogen and oxygen atoms in total. The van der Waals surface area contributed by atoms with Crippen LogP contribution in [-0.2, 0) is 0 Å². The Morgan fingerprint density at radius 1 is 0.967 bits per heavy atom. The van der Waals surface area contributed by atoms with E-state index in [4.69, 9.17) is 23.2 Å². The van der Waals surface area contributed by atoms with Crippen molar-refractivity contribution in [2.24, 2.45) is 5.92 Å². The highest BCUT2D eigenvalue weighted by Crippen LogP contribution is 2.33. The highest BCUT2D eigenvalue weighted by atomic mass is 35.5. The van der Waals surface area contributed by atoms with Crippen LogP contribution >= 0.6 is 23.2 Å². The number of nitrogens with zero attached hydrogens (tertiary/aromatic N) is 3. The average Bonchev–Trinajstić information content (AvgIpc) is 3.60. The number of benzene rings is 2. The zero-order chi connectivity index (χ0) is 20.9. The molecule has 2 fully saturated rings. The van der Waals surface area contributed by atoms with Crippen molar-refractivity contribution in [1.29, 1.82) is 0 Å². The summed E-state index contributed by atoms with van der Waals surface area (Å²) in [5, 5.41) is 1.25. The van der Waals surface area contributed by atoms with Crippen molar-refractivity contribution in [1.82, 2.24) is 9.80 Å². The van der Waals surface area contributed by atoms with E-state index in [2.05, 4.69) is 14.7 Å². The van der Waals surface area contributed by atoms with Crippen LogP contribution in [0.3, 0.4) is 0 Å². The van der Waals surface area contributed by atoms with E-state index in [1.165, 1.54) is 12.8 Å². The van der Waals surface area contributed by atoms with Crippen molar-refractivity contribution in [3.8, 4) is 0 Å². The topological polar surface area (TPSA) is 26.8 Å². The van der Waals surface area contributed by atoms with Gasteiger partial charge in [-0.1, -0.05) is 47.5 Å². The molecule has 1 aliphatic heterocycles. The van der Waals surface area contributed by atoms with Gasteiger partial charge in [0.1, 0.15) is 0 Å². The Hall–Kier alpha value is -1.75. The fourth-order valence-corrected chi connectivity index (χ4v) is 4.50. The summed E-state index contributed by atoms with van der Waals surface area (Å²) in [6.45, 7) is 6.61. The van der Waals surface area contributed by atoms with E-state index in [-0.39, 0.29) is 5.91 Å². The van der Waals surface area contributed by atoms with Crippen LogP contribution in [0.2, 0.25) is 10.0 Å². The molecule has 4 rings (SSSR count). The van der Waals surface area contributed by atoms with E-state index >= 15 is 0 Å². The van der Waals surface area contributed by atoms with Crippen LogP contribution in [0, 0.1) is 5.92 Å². The van der Waals surface area contributed by atoms with Crippen molar-refractivity contribution in [3.63, 3.8) is 0 Å². The molecule has 0 atom stereocenters. The first-order valence-electron chi connectivity index (χ1n) is 10.9. The molecule has 0 bridgehead atoms. The second kappa shape index (κ2) is 10.0. The van der Waals surface area contributed by atoms with Crippen molar-refractivity contribution in [2.45, 2.75) is 19.3 Å². The summed E-state index contributed by atoms with van der Waals surface area (Å²) in [6, 6.07) is 15.5. The quantitative estimate of drug-likeness (QED) is 0.567. The molecule has 0 N–H and O–H groups in total. The minimum Gasteiger partial charge on any atom is -0.368 e. The van der Waals surface area contributed by atoms with Crippen molar-refractivity contribution in [3.05, 3.63) is 64.1 Å². The predicted octanol–water partition coefficient (Wildman–Crippen LogP) is 5.06. The van der Waals surface area contributed by atoms with Gasteiger partial charge in [0.25, 0.3) is 5.91 Å². The third-order valence-corrected chi connectivity index (χ3v) is 6.84. The van der Waals surface area contributed by atoms with E-state index in [1.807, 2.05) is 48.5 Å². The monoisotopic (exact) mass is 445 g/mol. The molecule has 30 heavy (non-hydrogen) atoms. The molecule has 1 heterocycles. The van der Waals surface area contributed by atoms with Crippen LogP contribution in [-0.4, -0.2) is 61.5 Å². The van der Waals surface area contributed by atoms with Gasteiger partial charge in [-0.25, -0.2) is 0 Å². The molecule has 0 aromatic heterocycles. The minimum atomic E-state index is 0.169. The average molecular weight is 446 g/mol. The van der Waals surface area contributed by atoms with E-state index in [9.17, 15) is 4.79 Å². The molecule has 1 aliphatic carbocycles. The molecule has 1 saturated carbocycles. The van der Waals surface area contributed by atoms with Crippen LogP contribution < -0.4 is 4.90 Å². The molecule has 1 saturated heterocycles. The first-order chi connectivity index (χ1) is 14.6. The van der Waals surface area contributed by atoms with Crippen molar-refractivity contribution in [2.75, 3.05) is 50.7 Å². The van der Waals surface area contributed by atoms with E-state index < -0.39 is 0 Å². The Balaban J connectivity index is 1.26. The number of amides is 1. The predicted molar refractivity (Wildman–Crippen MR) is 125 cm³/mol. The minimum absolute atomic E-state index is 0.169. The molecule has 1 amide bonds. The molecule has 2 aliphatic rings. The second-order valence-electron chi connectivity index (χ2n) is 8.32. The maximum atomic E-state index is 12.9. The highest BCUT2D eigenvalue weighted by Gasteiger charge is 2.27. The van der Waals surface area contributed by atoms with Crippen LogP contribution in [0.1, 0.15) is 29.6 Å². The SMILES string of the molecule is O=C(c1ccccc1)N(CCCN1CCN(c2cccc(Cl)c2Cl)CC1)CC1CC1. The zero-order valence-corrected chi connectivity index (χ0v) is 18.8. The number of rotatable bonds is 8. The zero-order valence-electron chi connectivity index (χ0n) is 17.3. The summed E-state index contributed by atoms with van der Waals surface area (Å²) < 4.78 is 0. The summed E-state index contributed by atoms with van der Waals surface area (Å²) in [5.41, 5.74) is 1.82. The lowest BCUT2D eigenvalue weighted by atomic mass is 10.2. The number of piperazine rings is 1. The summed E-state index contributed by atoms with van der Waals surface area (Å²) in [6.07, 6.45) is 3.52. The molecular formula is C24H29Cl2N3O. The smallest absolute Gasteiger partial charge is 0.253 e. The highest BCUT2D eigenvalue weighted by molar-refractivity contribution is 6.43. The first-order valence-corrected chi connectivity index (χ1v) is 11.6. The summed E-state index contributed by atoms with van der Waals surface area (Å²) in [7, 11) is 0. The van der Waals surface area contributed by atoms with Crippen LogP contribution in [0.15, 0.2) is 48.5 Å². The van der Waals surface area contributed by atoms with Gasteiger partial charge in [0, 0.05) is 44.8 Å². The van der Waals surface area contributed by atoms with Crippen LogP contribution in [0.25, 0.3) is 0 Å². The van der Waals surface area contributed by atoms with Gasteiger partial charge in [-0.3, -0.25) is 9.69 Å². The number of carbonyl (C=O) groups excluding carboxylic acids is 1. The van der Waals surface area contributed by atoms with Crippen molar-refractivity contribution >= 4 is 34.8 Å². The van der Waals surface area contributed by atoms with Crippen LogP contribution in [0.5, 0.6) is 0 Å². The summed E-state index contributed by atoms with van der Waals surface area (Å²) in [5.74, 6) is 0.867. The van der Waals surface area contributed by atoms with Crippen molar-refractivity contribution < 1.29 is 4.79 Å². The van der Waals surface area contributed by atoms with Gasteiger partial charge in [-0.05, 0) is 56.0 Å². The number of hydrogen-bond acceptors (Lipinski definition) is 3. The normalized spacial score (nSPS) is 17.2. The Kier molecular flexibility index (Phi) is 7.19. The fraction of sp³-hybridized carbons (Fsp3) is 0.458. The number of anilines is 1. The maximum absolute atomic E-state index is 12.9. The molecule has 2 aromatic carbocycles. The van der Waals surface area contributed by atoms with Crippen LogP contribution in [0.4, 0.5) is 5.69 Å². The molecule has 6 heteroatoms. The Bertz CT molecular complexity index is 849. The van der Waals surface area contributed by atoms with Gasteiger partial charge in [0.2, 0.25) is 0 Å². The van der Waals surface area contributed by atoms with Gasteiger partial charge in [-0.15, -0.1) is 0 Å². The molecular weight excluding hydrogens is 417 g/mol. The van der Waals surface area contributed by atoms with Gasteiger partial charge in [-0.2, -0.15) is 0 Å². The summed E-state index contributed by atoms with van der Waals surface area (Å²) >= 11 is 12.6. The van der Waals surface area contributed by atoms with E-state index in [0.717, 1.165) is 63.5 Å². The number of hydrogen-bond donors (Lipinski definition) is 0. The Morgan fingerprint density at radius 3 is 2.40 bits per heavy atom. The number of halogens is 2. The lowest BCUT2D eigenvalue weighted by Gasteiger charge is -2.37. The fourth-order valence-electron chi connectivity index (χ4n) is 4.09. The molecule has 2 aromatic rings. The van der Waals surface area contributed by atoms with Gasteiger partial charge >= 0.3 is 0 Å². The Labute approximate surface area is 189 Å².